The fourth-order valence-corrected chi connectivity index (χ4v) is 0.907. The van der Waals surface area contributed by atoms with Crippen molar-refractivity contribution in [3.63, 3.8) is 0 Å². The van der Waals surface area contributed by atoms with E-state index in [1.165, 1.54) is 0 Å². The monoisotopic (exact) mass is 150 g/mol. The van der Waals surface area contributed by atoms with Gasteiger partial charge in [-0.05, 0) is 6.92 Å². The number of hydrogen-bond donors (Lipinski definition) is 0. The first-order valence-corrected chi connectivity index (χ1v) is 3.65. The molecule has 2 nitrogen and oxygen atoms in total. The molecule has 1 heterocycles. The first kappa shape index (κ1) is 7.32. The predicted molar refractivity (Wildman–Crippen MR) is 35.6 cm³/mol. The highest BCUT2D eigenvalue weighted by Crippen LogP contribution is 2.11. The fourth-order valence-electron chi connectivity index (χ4n) is 0.728. The summed E-state index contributed by atoms with van der Waals surface area (Å²) < 4.78 is 10.3. The quantitative estimate of drug-likeness (QED) is 0.524. The van der Waals surface area contributed by atoms with Gasteiger partial charge in [0.15, 0.2) is 6.29 Å². The van der Waals surface area contributed by atoms with E-state index < -0.39 is 0 Å². The lowest BCUT2D eigenvalue weighted by atomic mass is 10.2. The van der Waals surface area contributed by atoms with Gasteiger partial charge >= 0.3 is 0 Å². The molecular formula is C6H11ClO2. The van der Waals surface area contributed by atoms with Gasteiger partial charge in [0.1, 0.15) is 0 Å². The largest absolute Gasteiger partial charge is 0.353 e. The molecule has 0 bridgehead atoms. The van der Waals surface area contributed by atoms with Crippen LogP contribution in [0, 0.1) is 5.92 Å². The Labute approximate surface area is 60.1 Å². The second-order valence-corrected chi connectivity index (χ2v) is 2.56. The van der Waals surface area contributed by atoms with Crippen LogP contribution in [-0.2, 0) is 9.47 Å². The maximum atomic E-state index is 5.57. The minimum absolute atomic E-state index is 0.0375. The van der Waals surface area contributed by atoms with Crippen LogP contribution >= 0.6 is 11.6 Å². The lowest BCUT2D eigenvalue weighted by Crippen LogP contribution is -2.30. The molecule has 0 radical (unpaired) electrons. The molecule has 0 N–H and O–H groups in total. The molecule has 0 atom stereocenters. The minimum Gasteiger partial charge on any atom is -0.353 e. The highest BCUT2D eigenvalue weighted by Gasteiger charge is 2.17. The van der Waals surface area contributed by atoms with Crippen LogP contribution in [0.4, 0.5) is 0 Å². The van der Waals surface area contributed by atoms with E-state index in [2.05, 4.69) is 0 Å². The summed E-state index contributed by atoms with van der Waals surface area (Å²) in [5, 5.41) is 0. The smallest absolute Gasteiger partial charge is 0.154 e. The summed E-state index contributed by atoms with van der Waals surface area (Å²) in [7, 11) is 0. The molecule has 0 aromatic heterocycles. The van der Waals surface area contributed by atoms with Crippen molar-refractivity contribution in [2.45, 2.75) is 13.2 Å². The molecule has 54 valence electrons. The summed E-state index contributed by atoms with van der Waals surface area (Å²) >= 11 is 5.57. The Bertz CT molecular complexity index is 79.1. The molecule has 0 aromatic carbocycles. The first-order valence-electron chi connectivity index (χ1n) is 3.12. The molecule has 1 fully saturated rings. The minimum atomic E-state index is -0.0375. The molecule has 9 heavy (non-hydrogen) atoms. The van der Waals surface area contributed by atoms with Crippen LogP contribution in [0.3, 0.4) is 0 Å². The summed E-state index contributed by atoms with van der Waals surface area (Å²) in [5.41, 5.74) is 0. The maximum Gasteiger partial charge on any atom is 0.154 e. The lowest BCUT2D eigenvalue weighted by molar-refractivity contribution is -0.186. The molecule has 1 aliphatic heterocycles. The molecule has 0 unspecified atom stereocenters. The van der Waals surface area contributed by atoms with Crippen molar-refractivity contribution in [3.05, 3.63) is 0 Å². The zero-order valence-electron chi connectivity index (χ0n) is 5.47. The highest BCUT2D eigenvalue weighted by atomic mass is 35.5. The Morgan fingerprint density at radius 1 is 1.44 bits per heavy atom. The molecule has 0 aliphatic carbocycles. The predicted octanol–water partition coefficient (Wildman–Crippen LogP) is 1.23. The summed E-state index contributed by atoms with van der Waals surface area (Å²) in [4.78, 5) is 0. The van der Waals surface area contributed by atoms with Gasteiger partial charge < -0.3 is 9.47 Å². The number of halogens is 1. The van der Waals surface area contributed by atoms with Gasteiger partial charge in [0, 0.05) is 11.8 Å². The highest BCUT2D eigenvalue weighted by molar-refractivity contribution is 6.18. The van der Waals surface area contributed by atoms with E-state index in [0.717, 1.165) is 13.2 Å². The van der Waals surface area contributed by atoms with Gasteiger partial charge in [-0.2, -0.15) is 0 Å². The molecule has 1 saturated heterocycles. The Kier molecular flexibility index (Phi) is 2.76. The third-order valence-corrected chi connectivity index (χ3v) is 1.79. The van der Waals surface area contributed by atoms with Gasteiger partial charge in [-0.15, -0.1) is 11.6 Å². The summed E-state index contributed by atoms with van der Waals surface area (Å²) in [6.07, 6.45) is -0.0375. The van der Waals surface area contributed by atoms with E-state index in [4.69, 9.17) is 21.1 Å². The van der Waals surface area contributed by atoms with Crippen LogP contribution in [0.25, 0.3) is 0 Å². The number of rotatable bonds is 1. The number of alkyl halides is 1. The maximum absolute atomic E-state index is 5.57. The van der Waals surface area contributed by atoms with E-state index in [1.807, 2.05) is 6.92 Å². The Balaban J connectivity index is 2.18. The summed E-state index contributed by atoms with van der Waals surface area (Å²) in [5.74, 6) is 1.02. The average Bonchev–Trinajstić information content (AvgIpc) is 1.90. The van der Waals surface area contributed by atoms with Crippen molar-refractivity contribution in [3.8, 4) is 0 Å². The van der Waals surface area contributed by atoms with Gasteiger partial charge in [0.2, 0.25) is 0 Å². The normalized spacial score (nSPS) is 36.7. The standard InChI is InChI=1S/C6H11ClO2/c1-5-8-3-6(2-7)4-9-5/h5-6H,2-4H2,1H3. The average molecular weight is 151 g/mol. The van der Waals surface area contributed by atoms with Crippen molar-refractivity contribution in [2.24, 2.45) is 5.92 Å². The molecule has 0 saturated carbocycles. The zero-order valence-corrected chi connectivity index (χ0v) is 6.23. The lowest BCUT2D eigenvalue weighted by Gasteiger charge is -2.25. The van der Waals surface area contributed by atoms with Crippen molar-refractivity contribution >= 4 is 11.6 Å². The van der Waals surface area contributed by atoms with Gasteiger partial charge in [0.05, 0.1) is 13.2 Å². The van der Waals surface area contributed by atoms with Crippen LogP contribution in [0.15, 0.2) is 0 Å². The Morgan fingerprint density at radius 2 is 2.00 bits per heavy atom. The third-order valence-electron chi connectivity index (χ3n) is 1.35. The summed E-state index contributed by atoms with van der Waals surface area (Å²) in [6.45, 7) is 3.37. The molecule has 1 aliphatic rings. The second kappa shape index (κ2) is 3.40. The van der Waals surface area contributed by atoms with Crippen LogP contribution in [0.2, 0.25) is 0 Å². The first-order chi connectivity index (χ1) is 4.33. The Morgan fingerprint density at radius 3 is 2.44 bits per heavy atom. The van der Waals surface area contributed by atoms with Crippen molar-refractivity contribution < 1.29 is 9.47 Å². The molecular weight excluding hydrogens is 140 g/mol. The van der Waals surface area contributed by atoms with Crippen LogP contribution < -0.4 is 0 Å². The van der Waals surface area contributed by atoms with Gasteiger partial charge in [-0.25, -0.2) is 0 Å². The van der Waals surface area contributed by atoms with Gasteiger partial charge in [-0.3, -0.25) is 0 Å². The molecule has 3 heteroatoms. The van der Waals surface area contributed by atoms with Crippen LogP contribution in [0.1, 0.15) is 6.92 Å². The molecule has 0 amide bonds. The van der Waals surface area contributed by atoms with Crippen molar-refractivity contribution in [2.75, 3.05) is 19.1 Å². The molecule has 0 spiro atoms. The van der Waals surface area contributed by atoms with Crippen molar-refractivity contribution in [1.82, 2.24) is 0 Å². The Hall–Kier alpha value is 0.210. The van der Waals surface area contributed by atoms with E-state index in [1.54, 1.807) is 0 Å². The van der Waals surface area contributed by atoms with Crippen LogP contribution in [0.5, 0.6) is 0 Å². The topological polar surface area (TPSA) is 18.5 Å². The molecule has 1 rings (SSSR count). The van der Waals surface area contributed by atoms with E-state index in [-0.39, 0.29) is 6.29 Å². The second-order valence-electron chi connectivity index (χ2n) is 2.25. The van der Waals surface area contributed by atoms with Crippen molar-refractivity contribution in [1.29, 1.82) is 0 Å². The number of hydrogen-bond acceptors (Lipinski definition) is 2. The summed E-state index contributed by atoms with van der Waals surface area (Å²) in [6, 6.07) is 0. The zero-order chi connectivity index (χ0) is 6.69. The van der Waals surface area contributed by atoms with E-state index >= 15 is 0 Å². The molecule has 0 aromatic rings. The van der Waals surface area contributed by atoms with E-state index in [9.17, 15) is 0 Å². The fraction of sp³-hybridized carbons (Fsp3) is 1.00. The van der Waals surface area contributed by atoms with Crippen LogP contribution in [-0.4, -0.2) is 25.4 Å². The SMILES string of the molecule is CC1OCC(CCl)CO1. The number of ether oxygens (including phenoxy) is 2. The van der Waals surface area contributed by atoms with Gasteiger partial charge in [0.25, 0.3) is 0 Å². The van der Waals surface area contributed by atoms with Gasteiger partial charge in [-0.1, -0.05) is 0 Å². The third kappa shape index (κ3) is 2.12. The van der Waals surface area contributed by atoms with E-state index in [0.29, 0.717) is 11.8 Å².